The van der Waals surface area contributed by atoms with Gasteiger partial charge < -0.3 is 10.1 Å². The second kappa shape index (κ2) is 9.81. The van der Waals surface area contributed by atoms with E-state index in [9.17, 15) is 4.79 Å². The average Bonchev–Trinajstić information content (AvgIpc) is 3.25. The van der Waals surface area contributed by atoms with E-state index in [4.69, 9.17) is 4.74 Å². The Hall–Kier alpha value is -3.74. The molecule has 1 amide bonds. The first-order valence-electron chi connectivity index (χ1n) is 11.1. The van der Waals surface area contributed by atoms with Crippen molar-refractivity contribution in [2.75, 3.05) is 0 Å². The maximum absolute atomic E-state index is 12.6. The van der Waals surface area contributed by atoms with Gasteiger partial charge in [0.15, 0.2) is 5.82 Å². The summed E-state index contributed by atoms with van der Waals surface area (Å²) in [5.74, 6) is 0.602. The Bertz CT molecular complexity index is 1210. The van der Waals surface area contributed by atoms with E-state index in [2.05, 4.69) is 63.3 Å². The predicted molar refractivity (Wildman–Crippen MR) is 128 cm³/mol. The second-order valence-corrected chi connectivity index (χ2v) is 9.08. The van der Waals surface area contributed by atoms with Crippen LogP contribution in [0.15, 0.2) is 72.8 Å². The van der Waals surface area contributed by atoms with Crippen LogP contribution in [0.2, 0.25) is 0 Å². The Labute approximate surface area is 193 Å². The van der Waals surface area contributed by atoms with Crippen molar-refractivity contribution in [3.05, 3.63) is 89.7 Å². The third-order valence-electron chi connectivity index (χ3n) is 5.27. The van der Waals surface area contributed by atoms with Crippen LogP contribution >= 0.6 is 0 Å². The molecule has 0 aliphatic rings. The number of hydrogen-bond acceptors (Lipinski definition) is 5. The number of fused-ring (bicyclic) bond motifs is 1. The van der Waals surface area contributed by atoms with Crippen LogP contribution in [0.3, 0.4) is 0 Å². The fourth-order valence-electron chi connectivity index (χ4n) is 3.76. The molecule has 0 aliphatic carbocycles. The molecule has 0 fully saturated rings. The van der Waals surface area contributed by atoms with Crippen molar-refractivity contribution < 1.29 is 9.53 Å². The number of aryl methyl sites for hydroxylation is 2. The highest BCUT2D eigenvalue weighted by molar-refractivity contribution is 5.83. The number of nitrogens with zero attached hydrogens (tertiary/aromatic N) is 4. The molecule has 1 unspecified atom stereocenters. The van der Waals surface area contributed by atoms with Crippen molar-refractivity contribution in [3.8, 4) is 0 Å². The molecular weight excluding hydrogens is 414 g/mol. The van der Waals surface area contributed by atoms with E-state index < -0.39 is 17.7 Å². The summed E-state index contributed by atoms with van der Waals surface area (Å²) in [6, 6.07) is 24.3. The Balaban J connectivity index is 1.58. The van der Waals surface area contributed by atoms with Crippen molar-refractivity contribution in [1.82, 2.24) is 25.5 Å². The van der Waals surface area contributed by atoms with Crippen LogP contribution in [0.1, 0.15) is 43.8 Å². The second-order valence-electron chi connectivity index (χ2n) is 9.08. The van der Waals surface area contributed by atoms with Gasteiger partial charge in [-0.15, -0.1) is 5.10 Å². The van der Waals surface area contributed by atoms with E-state index in [1.165, 1.54) is 10.9 Å². The van der Waals surface area contributed by atoms with Gasteiger partial charge in [0.05, 0.1) is 6.04 Å². The molecule has 7 heteroatoms. The van der Waals surface area contributed by atoms with Gasteiger partial charge in [-0.1, -0.05) is 72.8 Å². The Morgan fingerprint density at radius 1 is 0.970 bits per heavy atom. The number of ether oxygens (including phenoxy) is 1. The largest absolute Gasteiger partial charge is 0.444 e. The van der Waals surface area contributed by atoms with Crippen LogP contribution in [0.25, 0.3) is 10.8 Å². The standard InChI is InChI=1S/C26H29N5O2/c1-26(2,3)33-25(32)27-23(18-20-13-14-21-11-7-8-12-22(21)17-20)24-28-29-30-31(24)16-15-19-9-5-4-6-10-19/h4-14,17,23H,15-16,18H2,1-3H3,(H,27,32). The Morgan fingerprint density at radius 2 is 1.70 bits per heavy atom. The average molecular weight is 444 g/mol. The van der Waals surface area contributed by atoms with Gasteiger partial charge in [-0.3, -0.25) is 0 Å². The number of carbonyl (C=O) groups excluding carboxylic acids is 1. The lowest BCUT2D eigenvalue weighted by atomic mass is 10.0. The zero-order valence-electron chi connectivity index (χ0n) is 19.2. The number of tetrazole rings is 1. The molecular formula is C26H29N5O2. The number of benzene rings is 3. The summed E-state index contributed by atoms with van der Waals surface area (Å²) in [5, 5.41) is 17.7. The molecule has 1 aromatic heterocycles. The van der Waals surface area contributed by atoms with E-state index in [1.54, 1.807) is 4.68 Å². The first kappa shape index (κ1) is 22.5. The minimum Gasteiger partial charge on any atom is -0.444 e. The molecule has 0 aliphatic heterocycles. The normalized spacial score (nSPS) is 12.5. The summed E-state index contributed by atoms with van der Waals surface area (Å²) >= 11 is 0. The highest BCUT2D eigenvalue weighted by Crippen LogP contribution is 2.22. The number of nitrogens with one attached hydrogen (secondary N) is 1. The topological polar surface area (TPSA) is 81.9 Å². The molecule has 4 aromatic rings. The lowest BCUT2D eigenvalue weighted by molar-refractivity contribution is 0.0500. The van der Waals surface area contributed by atoms with Crippen molar-refractivity contribution >= 4 is 16.9 Å². The third-order valence-corrected chi connectivity index (χ3v) is 5.27. The summed E-state index contributed by atoms with van der Waals surface area (Å²) in [7, 11) is 0. The van der Waals surface area contributed by atoms with Crippen LogP contribution in [0.5, 0.6) is 0 Å². The first-order chi connectivity index (χ1) is 15.9. The summed E-state index contributed by atoms with van der Waals surface area (Å²) in [4.78, 5) is 12.6. The van der Waals surface area contributed by atoms with Crippen LogP contribution in [-0.4, -0.2) is 31.9 Å². The molecule has 170 valence electrons. The number of carbonyl (C=O) groups is 1. The molecule has 1 N–H and O–H groups in total. The molecule has 1 heterocycles. The van der Waals surface area contributed by atoms with Crippen molar-refractivity contribution in [3.63, 3.8) is 0 Å². The van der Waals surface area contributed by atoms with E-state index in [0.29, 0.717) is 18.8 Å². The number of hydrogen-bond donors (Lipinski definition) is 1. The van der Waals surface area contributed by atoms with Gasteiger partial charge in [-0.05, 0) is 59.5 Å². The minimum absolute atomic E-state index is 0.438. The van der Waals surface area contributed by atoms with Gasteiger partial charge in [0.25, 0.3) is 0 Å². The predicted octanol–water partition coefficient (Wildman–Crippen LogP) is 4.88. The Kier molecular flexibility index (Phi) is 6.68. The van der Waals surface area contributed by atoms with Gasteiger partial charge in [-0.2, -0.15) is 0 Å². The fraction of sp³-hybridized carbons (Fsp3) is 0.308. The SMILES string of the molecule is CC(C)(C)OC(=O)NC(Cc1ccc2ccccc2c1)c1nnnn1CCc1ccccc1. The van der Waals surface area contributed by atoms with E-state index >= 15 is 0 Å². The fourth-order valence-corrected chi connectivity index (χ4v) is 3.76. The zero-order valence-corrected chi connectivity index (χ0v) is 19.2. The third kappa shape index (κ3) is 6.16. The molecule has 3 aromatic carbocycles. The summed E-state index contributed by atoms with van der Waals surface area (Å²) in [5.41, 5.74) is 1.68. The number of amides is 1. The molecule has 0 saturated carbocycles. The molecule has 0 saturated heterocycles. The Morgan fingerprint density at radius 3 is 2.45 bits per heavy atom. The monoisotopic (exact) mass is 443 g/mol. The molecule has 7 nitrogen and oxygen atoms in total. The smallest absolute Gasteiger partial charge is 0.408 e. The van der Waals surface area contributed by atoms with Gasteiger partial charge in [0.2, 0.25) is 0 Å². The van der Waals surface area contributed by atoms with Gasteiger partial charge in [-0.25, -0.2) is 9.48 Å². The summed E-state index contributed by atoms with van der Waals surface area (Å²) in [6.45, 7) is 6.13. The number of aromatic nitrogens is 4. The van der Waals surface area contributed by atoms with Crippen LogP contribution in [0.4, 0.5) is 4.79 Å². The zero-order chi connectivity index (χ0) is 23.3. The molecule has 33 heavy (non-hydrogen) atoms. The number of rotatable bonds is 7. The maximum Gasteiger partial charge on any atom is 0.408 e. The van der Waals surface area contributed by atoms with E-state index in [1.807, 2.05) is 51.1 Å². The lowest BCUT2D eigenvalue weighted by Crippen LogP contribution is -2.37. The van der Waals surface area contributed by atoms with Gasteiger partial charge >= 0.3 is 6.09 Å². The first-order valence-corrected chi connectivity index (χ1v) is 11.1. The molecule has 4 rings (SSSR count). The highest BCUT2D eigenvalue weighted by Gasteiger charge is 2.25. The molecule has 0 bridgehead atoms. The van der Waals surface area contributed by atoms with Crippen LogP contribution in [0, 0.1) is 0 Å². The van der Waals surface area contributed by atoms with Crippen molar-refractivity contribution in [2.45, 2.75) is 51.8 Å². The van der Waals surface area contributed by atoms with Gasteiger partial charge in [0.1, 0.15) is 5.60 Å². The van der Waals surface area contributed by atoms with Crippen molar-refractivity contribution in [2.24, 2.45) is 0 Å². The van der Waals surface area contributed by atoms with Crippen molar-refractivity contribution in [1.29, 1.82) is 0 Å². The summed E-state index contributed by atoms with van der Waals surface area (Å²) < 4.78 is 7.28. The highest BCUT2D eigenvalue weighted by atomic mass is 16.6. The molecule has 1 atom stereocenters. The molecule has 0 spiro atoms. The maximum atomic E-state index is 12.6. The van der Waals surface area contributed by atoms with Crippen LogP contribution in [-0.2, 0) is 24.1 Å². The van der Waals surface area contributed by atoms with Crippen LogP contribution < -0.4 is 5.32 Å². The lowest BCUT2D eigenvalue weighted by Gasteiger charge is -2.23. The molecule has 0 radical (unpaired) electrons. The number of alkyl carbamates (subject to hydrolysis) is 1. The summed E-state index contributed by atoms with van der Waals surface area (Å²) in [6.07, 6.45) is 0.829. The van der Waals surface area contributed by atoms with Gasteiger partial charge in [0, 0.05) is 13.0 Å². The van der Waals surface area contributed by atoms with E-state index in [-0.39, 0.29) is 0 Å². The quantitative estimate of drug-likeness (QED) is 0.440. The minimum atomic E-state index is -0.600. The van der Waals surface area contributed by atoms with E-state index in [0.717, 1.165) is 17.4 Å².